The van der Waals surface area contributed by atoms with Crippen molar-refractivity contribution in [2.45, 2.75) is 37.4 Å². The van der Waals surface area contributed by atoms with E-state index >= 15 is 0 Å². The summed E-state index contributed by atoms with van der Waals surface area (Å²) in [7, 11) is 0. The molecule has 4 heterocycles. The van der Waals surface area contributed by atoms with Gasteiger partial charge in [0.25, 0.3) is 5.91 Å². The van der Waals surface area contributed by atoms with Crippen LogP contribution in [0.1, 0.15) is 28.9 Å². The smallest absolute Gasteiger partial charge is 0.261 e. The lowest BCUT2D eigenvalue weighted by Crippen LogP contribution is -2.42. The first-order chi connectivity index (χ1) is 10.2. The highest BCUT2D eigenvalue weighted by Gasteiger charge is 2.39. The zero-order chi connectivity index (χ0) is 14.4. The van der Waals surface area contributed by atoms with Gasteiger partial charge in [-0.3, -0.25) is 4.79 Å². The van der Waals surface area contributed by atoms with Crippen molar-refractivity contribution in [3.8, 4) is 9.88 Å². The van der Waals surface area contributed by atoms with E-state index in [4.69, 9.17) is 11.6 Å². The average molecular weight is 341 g/mol. The van der Waals surface area contributed by atoms with Gasteiger partial charge in [0.1, 0.15) is 0 Å². The summed E-state index contributed by atoms with van der Waals surface area (Å²) in [4.78, 5) is 14.0. The number of hydrogen-bond donors (Lipinski definition) is 2. The number of carbonyl (C=O) groups is 1. The molecule has 0 spiro atoms. The largest absolute Gasteiger partial charge is 0.347 e. The van der Waals surface area contributed by atoms with Gasteiger partial charge in [-0.15, -0.1) is 21.5 Å². The van der Waals surface area contributed by atoms with Crippen molar-refractivity contribution in [2.24, 2.45) is 0 Å². The molecule has 0 saturated carbocycles. The van der Waals surface area contributed by atoms with Crippen molar-refractivity contribution in [1.29, 1.82) is 0 Å². The van der Waals surface area contributed by atoms with Crippen LogP contribution in [0.2, 0.25) is 4.47 Å². The van der Waals surface area contributed by atoms with Gasteiger partial charge in [0.2, 0.25) is 4.47 Å². The lowest BCUT2D eigenvalue weighted by molar-refractivity contribution is 0.0935. The van der Waals surface area contributed by atoms with Crippen molar-refractivity contribution in [3.05, 3.63) is 21.5 Å². The van der Waals surface area contributed by atoms with Crippen LogP contribution in [0.3, 0.4) is 0 Å². The van der Waals surface area contributed by atoms with Crippen LogP contribution in [0.5, 0.6) is 0 Å². The van der Waals surface area contributed by atoms with Gasteiger partial charge in [0.15, 0.2) is 5.01 Å². The summed E-state index contributed by atoms with van der Waals surface area (Å²) in [5.41, 5.74) is 0. The highest BCUT2D eigenvalue weighted by atomic mass is 35.5. The number of aromatic nitrogens is 2. The van der Waals surface area contributed by atoms with E-state index in [0.717, 1.165) is 22.7 Å². The third-order valence-corrected chi connectivity index (χ3v) is 6.33. The molecule has 3 atom stereocenters. The molecule has 2 fully saturated rings. The second-order valence-corrected chi connectivity index (χ2v) is 8.03. The van der Waals surface area contributed by atoms with Crippen LogP contribution < -0.4 is 10.6 Å². The molecule has 2 aromatic heterocycles. The van der Waals surface area contributed by atoms with Gasteiger partial charge in [-0.25, -0.2) is 0 Å². The van der Waals surface area contributed by atoms with Crippen LogP contribution in [0.15, 0.2) is 12.1 Å². The first-order valence-corrected chi connectivity index (χ1v) is 8.86. The van der Waals surface area contributed by atoms with E-state index in [-0.39, 0.29) is 11.9 Å². The number of hydrogen-bond acceptors (Lipinski definition) is 6. The Labute approximate surface area is 134 Å². The number of rotatable bonds is 3. The van der Waals surface area contributed by atoms with E-state index in [1.807, 2.05) is 12.1 Å². The minimum absolute atomic E-state index is 0.00112. The zero-order valence-corrected chi connectivity index (χ0v) is 13.4. The van der Waals surface area contributed by atoms with Crippen molar-refractivity contribution in [3.63, 3.8) is 0 Å². The summed E-state index contributed by atoms with van der Waals surface area (Å²) < 4.78 is 0.414. The van der Waals surface area contributed by atoms with Crippen molar-refractivity contribution in [1.82, 2.24) is 20.8 Å². The van der Waals surface area contributed by atoms with Gasteiger partial charge < -0.3 is 10.6 Å². The summed E-state index contributed by atoms with van der Waals surface area (Å²) in [6.07, 6.45) is 3.44. The van der Waals surface area contributed by atoms with E-state index in [1.165, 1.54) is 29.1 Å². The lowest BCUT2D eigenvalue weighted by Gasteiger charge is -2.20. The van der Waals surface area contributed by atoms with Crippen molar-refractivity contribution in [2.75, 3.05) is 0 Å². The third-order valence-electron chi connectivity index (χ3n) is 4.06. The summed E-state index contributed by atoms with van der Waals surface area (Å²) >= 11 is 8.54. The standard InChI is InChI=1S/C13H13ClN4OS2/c14-13-18-17-12(21-13)10-4-3-9(20-10)11(19)16-8-5-6-1-2-7(8)15-6/h3-4,6-8,15H,1-2,5H2,(H,16,19). The summed E-state index contributed by atoms with van der Waals surface area (Å²) in [6.45, 7) is 0. The summed E-state index contributed by atoms with van der Waals surface area (Å²) in [5.74, 6) is 0.00112. The molecule has 4 rings (SSSR count). The second kappa shape index (κ2) is 5.31. The maximum atomic E-state index is 12.3. The topological polar surface area (TPSA) is 66.9 Å². The first-order valence-electron chi connectivity index (χ1n) is 6.85. The highest BCUT2D eigenvalue weighted by molar-refractivity contribution is 7.24. The Morgan fingerprint density at radius 2 is 2.24 bits per heavy atom. The highest BCUT2D eigenvalue weighted by Crippen LogP contribution is 2.32. The summed E-state index contributed by atoms with van der Waals surface area (Å²) in [6, 6.07) is 5.03. The van der Waals surface area contributed by atoms with Crippen LogP contribution in [-0.2, 0) is 0 Å². The molecule has 2 bridgehead atoms. The number of nitrogens with one attached hydrogen (secondary N) is 2. The molecule has 0 aromatic carbocycles. The van der Waals surface area contributed by atoms with E-state index in [9.17, 15) is 4.79 Å². The molecule has 21 heavy (non-hydrogen) atoms. The Hall–Kier alpha value is -1.02. The normalized spacial score (nSPS) is 27.2. The Balaban J connectivity index is 1.46. The van der Waals surface area contributed by atoms with Crippen LogP contribution in [0.4, 0.5) is 0 Å². The van der Waals surface area contributed by atoms with Crippen LogP contribution >= 0.6 is 34.3 Å². The first kappa shape index (κ1) is 13.6. The van der Waals surface area contributed by atoms with E-state index in [0.29, 0.717) is 21.4 Å². The van der Waals surface area contributed by atoms with Crippen LogP contribution in [0.25, 0.3) is 9.88 Å². The summed E-state index contributed by atoms with van der Waals surface area (Å²) in [5, 5.41) is 15.2. The number of nitrogens with zero attached hydrogens (tertiary/aromatic N) is 2. The molecular formula is C13H13ClN4OS2. The number of halogens is 1. The Bertz CT molecular complexity index is 685. The fourth-order valence-corrected chi connectivity index (χ4v) is 4.89. The molecule has 2 aliphatic rings. The molecule has 2 aromatic rings. The molecule has 0 radical (unpaired) electrons. The number of carbonyl (C=O) groups excluding carboxylic acids is 1. The van der Waals surface area contributed by atoms with E-state index in [1.54, 1.807) is 0 Å². The molecule has 110 valence electrons. The molecule has 1 amide bonds. The van der Waals surface area contributed by atoms with Gasteiger partial charge in [-0.05, 0) is 43.0 Å². The Morgan fingerprint density at radius 1 is 1.33 bits per heavy atom. The number of thiophene rings is 1. The van der Waals surface area contributed by atoms with Crippen molar-refractivity contribution >= 4 is 40.2 Å². The Kier molecular flexibility index (Phi) is 3.45. The fourth-order valence-electron chi connectivity index (χ4n) is 3.10. The number of amides is 1. The minimum Gasteiger partial charge on any atom is -0.347 e. The molecule has 2 N–H and O–H groups in total. The van der Waals surface area contributed by atoms with E-state index in [2.05, 4.69) is 20.8 Å². The van der Waals surface area contributed by atoms with Crippen LogP contribution in [0, 0.1) is 0 Å². The lowest BCUT2D eigenvalue weighted by atomic mass is 9.95. The maximum Gasteiger partial charge on any atom is 0.261 e. The molecule has 2 aliphatic heterocycles. The minimum atomic E-state index is 0.00112. The van der Waals surface area contributed by atoms with Gasteiger partial charge in [-0.1, -0.05) is 11.3 Å². The third kappa shape index (κ3) is 2.59. The fraction of sp³-hybridized carbons (Fsp3) is 0.462. The molecular weight excluding hydrogens is 328 g/mol. The maximum absolute atomic E-state index is 12.3. The molecule has 0 aliphatic carbocycles. The quantitative estimate of drug-likeness (QED) is 0.901. The second-order valence-electron chi connectivity index (χ2n) is 5.39. The average Bonchev–Trinajstić information content (AvgIpc) is 3.22. The molecule has 5 nitrogen and oxygen atoms in total. The van der Waals surface area contributed by atoms with E-state index < -0.39 is 0 Å². The number of fused-ring (bicyclic) bond motifs is 2. The van der Waals surface area contributed by atoms with Crippen molar-refractivity contribution < 1.29 is 4.79 Å². The zero-order valence-electron chi connectivity index (χ0n) is 11.0. The monoisotopic (exact) mass is 340 g/mol. The molecule has 2 saturated heterocycles. The predicted octanol–water partition coefficient (Wildman–Crippen LogP) is 2.54. The predicted molar refractivity (Wildman–Crippen MR) is 84.0 cm³/mol. The van der Waals surface area contributed by atoms with Gasteiger partial charge >= 0.3 is 0 Å². The van der Waals surface area contributed by atoms with Gasteiger partial charge in [0, 0.05) is 18.1 Å². The Morgan fingerprint density at radius 3 is 2.90 bits per heavy atom. The molecule has 3 unspecified atom stereocenters. The van der Waals surface area contributed by atoms with Gasteiger partial charge in [-0.2, -0.15) is 0 Å². The molecule has 8 heteroatoms. The van der Waals surface area contributed by atoms with Crippen LogP contribution in [-0.4, -0.2) is 34.2 Å². The SMILES string of the molecule is O=C(NC1CC2CCC1N2)c1ccc(-c2nnc(Cl)s2)s1. The van der Waals surface area contributed by atoms with Gasteiger partial charge in [0.05, 0.1) is 9.75 Å².